The number of methoxy groups -OCH3 is 1. The Morgan fingerprint density at radius 1 is 1.09 bits per heavy atom. The minimum atomic E-state index is -0.469. The molecule has 0 atom stereocenters. The average molecular weight is 496 g/mol. The fourth-order valence-electron chi connectivity index (χ4n) is 3.99. The highest BCUT2D eigenvalue weighted by atomic mass is 32.2. The fourth-order valence-corrected chi connectivity index (χ4v) is 4.73. The van der Waals surface area contributed by atoms with Crippen molar-refractivity contribution in [3.05, 3.63) is 71.5 Å². The summed E-state index contributed by atoms with van der Waals surface area (Å²) in [6.45, 7) is 5.82. The van der Waals surface area contributed by atoms with Crippen LogP contribution in [0.5, 0.6) is 5.75 Å². The number of aromatic nitrogens is 2. The quantitative estimate of drug-likeness (QED) is 0.363. The van der Waals surface area contributed by atoms with Crippen LogP contribution in [-0.4, -0.2) is 36.4 Å². The minimum Gasteiger partial charge on any atom is -0.494 e. The van der Waals surface area contributed by atoms with Gasteiger partial charge in [-0.1, -0.05) is 43.8 Å². The van der Waals surface area contributed by atoms with E-state index < -0.39 is 5.82 Å². The Balaban J connectivity index is 1.25. The molecule has 1 aromatic heterocycles. The smallest absolute Gasteiger partial charge is 0.309 e. The first-order valence-electron chi connectivity index (χ1n) is 11.8. The third kappa shape index (κ3) is 6.51. The Bertz CT molecular complexity index is 1130. The van der Waals surface area contributed by atoms with Gasteiger partial charge in [-0.3, -0.25) is 4.79 Å². The zero-order valence-electron chi connectivity index (χ0n) is 20.2. The molecule has 8 heteroatoms. The monoisotopic (exact) mass is 495 g/mol. The van der Waals surface area contributed by atoms with Gasteiger partial charge in [-0.2, -0.15) is 0 Å². The van der Waals surface area contributed by atoms with E-state index >= 15 is 0 Å². The summed E-state index contributed by atoms with van der Waals surface area (Å²) in [5.74, 6) is 0.599. The minimum absolute atomic E-state index is 0.0464. The molecule has 0 unspecified atom stereocenters. The Hall–Kier alpha value is -3.13. The lowest BCUT2D eigenvalue weighted by atomic mass is 9.97. The highest BCUT2D eigenvalue weighted by Crippen LogP contribution is 2.29. The Morgan fingerprint density at radius 3 is 2.43 bits per heavy atom. The highest BCUT2D eigenvalue weighted by Gasteiger charge is 2.27. The SMILES string of the molecule is COc1ccc(COC(=O)C2CCN(c3ccc(Sc4ccc(C(C)C)cc4)nn3)CC2)cc1F. The highest BCUT2D eigenvalue weighted by molar-refractivity contribution is 7.99. The van der Waals surface area contributed by atoms with Gasteiger partial charge >= 0.3 is 5.97 Å². The molecule has 1 saturated heterocycles. The van der Waals surface area contributed by atoms with Gasteiger partial charge in [0.15, 0.2) is 17.4 Å². The molecule has 4 rings (SSSR count). The van der Waals surface area contributed by atoms with E-state index in [1.165, 1.54) is 24.8 Å². The van der Waals surface area contributed by atoms with Gasteiger partial charge in [0.05, 0.1) is 13.0 Å². The van der Waals surface area contributed by atoms with Crippen LogP contribution in [0.4, 0.5) is 10.2 Å². The zero-order chi connectivity index (χ0) is 24.8. The van der Waals surface area contributed by atoms with Crippen molar-refractivity contribution in [1.82, 2.24) is 10.2 Å². The molecule has 1 fully saturated rings. The molecule has 0 radical (unpaired) electrons. The number of hydrogen-bond acceptors (Lipinski definition) is 7. The van der Waals surface area contributed by atoms with Crippen LogP contribution in [0.15, 0.2) is 64.5 Å². The van der Waals surface area contributed by atoms with Crippen LogP contribution >= 0.6 is 11.8 Å². The standard InChI is InChI=1S/C27H30FN3O3S/c1-18(2)20-5-7-22(8-6-20)35-26-11-10-25(29-30-26)31-14-12-21(13-15-31)27(32)34-17-19-4-9-24(33-3)23(28)16-19/h4-11,16,18,21H,12-15,17H2,1-3H3. The summed E-state index contributed by atoms with van der Waals surface area (Å²) < 4.78 is 24.2. The van der Waals surface area contributed by atoms with Crippen LogP contribution < -0.4 is 9.64 Å². The second-order valence-electron chi connectivity index (χ2n) is 8.89. The van der Waals surface area contributed by atoms with Crippen molar-refractivity contribution < 1.29 is 18.7 Å². The molecule has 0 aliphatic carbocycles. The van der Waals surface area contributed by atoms with Crippen molar-refractivity contribution in [2.75, 3.05) is 25.1 Å². The molecule has 2 aromatic carbocycles. The molecule has 184 valence electrons. The zero-order valence-corrected chi connectivity index (χ0v) is 21.1. The molecule has 2 heterocycles. The summed E-state index contributed by atoms with van der Waals surface area (Å²) in [6.07, 6.45) is 1.35. The summed E-state index contributed by atoms with van der Waals surface area (Å²) >= 11 is 1.59. The Kier molecular flexibility index (Phi) is 8.23. The summed E-state index contributed by atoms with van der Waals surface area (Å²) in [6, 6.07) is 17.1. The number of hydrogen-bond donors (Lipinski definition) is 0. The number of halogens is 1. The van der Waals surface area contributed by atoms with Gasteiger partial charge in [0.1, 0.15) is 11.6 Å². The van der Waals surface area contributed by atoms with E-state index in [0.717, 1.165) is 15.7 Å². The van der Waals surface area contributed by atoms with Gasteiger partial charge < -0.3 is 14.4 Å². The van der Waals surface area contributed by atoms with Gasteiger partial charge in [-0.15, -0.1) is 10.2 Å². The number of benzene rings is 2. The number of ether oxygens (including phenoxy) is 2. The molecule has 3 aromatic rings. The number of nitrogens with zero attached hydrogens (tertiary/aromatic N) is 3. The fraction of sp³-hybridized carbons (Fsp3) is 0.370. The first-order valence-corrected chi connectivity index (χ1v) is 12.6. The summed E-state index contributed by atoms with van der Waals surface area (Å²) in [7, 11) is 1.41. The number of piperidine rings is 1. The van der Waals surface area contributed by atoms with Crippen LogP contribution in [0.1, 0.15) is 43.7 Å². The molecule has 0 saturated carbocycles. The van der Waals surface area contributed by atoms with Gasteiger partial charge in [0, 0.05) is 18.0 Å². The Morgan fingerprint density at radius 2 is 1.83 bits per heavy atom. The van der Waals surface area contributed by atoms with E-state index in [0.29, 0.717) is 37.4 Å². The van der Waals surface area contributed by atoms with Crippen molar-refractivity contribution in [2.45, 2.75) is 49.1 Å². The second kappa shape index (κ2) is 11.5. The van der Waals surface area contributed by atoms with E-state index in [2.05, 4.69) is 53.2 Å². The molecule has 0 N–H and O–H groups in total. The summed E-state index contributed by atoms with van der Waals surface area (Å²) in [4.78, 5) is 15.8. The van der Waals surface area contributed by atoms with Gasteiger partial charge in [-0.05, 0) is 66.3 Å². The van der Waals surface area contributed by atoms with Crippen molar-refractivity contribution in [2.24, 2.45) is 5.92 Å². The predicted octanol–water partition coefficient (Wildman–Crippen LogP) is 5.86. The van der Waals surface area contributed by atoms with Crippen LogP contribution in [0, 0.1) is 11.7 Å². The molecule has 1 aliphatic heterocycles. The van der Waals surface area contributed by atoms with Gasteiger partial charge in [0.2, 0.25) is 0 Å². The molecule has 6 nitrogen and oxygen atoms in total. The second-order valence-corrected chi connectivity index (χ2v) is 9.99. The van der Waals surface area contributed by atoms with Crippen molar-refractivity contribution in [1.29, 1.82) is 0 Å². The van der Waals surface area contributed by atoms with Crippen molar-refractivity contribution in [3.8, 4) is 5.75 Å². The Labute approximate surface area is 209 Å². The normalized spacial score (nSPS) is 14.3. The third-order valence-electron chi connectivity index (χ3n) is 6.14. The molecular weight excluding hydrogens is 465 g/mol. The lowest BCUT2D eigenvalue weighted by Crippen LogP contribution is -2.37. The largest absolute Gasteiger partial charge is 0.494 e. The van der Waals surface area contributed by atoms with E-state index in [1.807, 2.05) is 12.1 Å². The van der Waals surface area contributed by atoms with Crippen molar-refractivity contribution in [3.63, 3.8) is 0 Å². The summed E-state index contributed by atoms with van der Waals surface area (Å²) in [5.41, 5.74) is 1.91. The molecule has 0 amide bonds. The maximum Gasteiger partial charge on any atom is 0.309 e. The maximum absolute atomic E-state index is 13.8. The first kappa shape index (κ1) is 25.0. The first-order chi connectivity index (χ1) is 16.9. The van der Waals surface area contributed by atoms with Gasteiger partial charge in [-0.25, -0.2) is 4.39 Å². The molecule has 35 heavy (non-hydrogen) atoms. The van der Waals surface area contributed by atoms with E-state index in [9.17, 15) is 9.18 Å². The van der Waals surface area contributed by atoms with Crippen LogP contribution in [0.25, 0.3) is 0 Å². The molecule has 0 spiro atoms. The lowest BCUT2D eigenvalue weighted by Gasteiger charge is -2.31. The van der Waals surface area contributed by atoms with E-state index in [4.69, 9.17) is 9.47 Å². The maximum atomic E-state index is 13.8. The third-order valence-corrected chi connectivity index (χ3v) is 7.08. The number of anilines is 1. The lowest BCUT2D eigenvalue weighted by molar-refractivity contribution is -0.150. The van der Waals surface area contributed by atoms with Crippen LogP contribution in [-0.2, 0) is 16.1 Å². The molecule has 0 bridgehead atoms. The number of carbonyl (C=O) groups excluding carboxylic acids is 1. The number of esters is 1. The predicted molar refractivity (Wildman–Crippen MR) is 134 cm³/mol. The van der Waals surface area contributed by atoms with E-state index in [1.54, 1.807) is 17.8 Å². The summed E-state index contributed by atoms with van der Waals surface area (Å²) in [5, 5.41) is 9.64. The molecular formula is C27H30FN3O3S. The topological polar surface area (TPSA) is 64.6 Å². The van der Waals surface area contributed by atoms with Crippen LogP contribution in [0.3, 0.4) is 0 Å². The average Bonchev–Trinajstić information content (AvgIpc) is 2.88. The van der Waals surface area contributed by atoms with Gasteiger partial charge in [0.25, 0.3) is 0 Å². The number of carbonyl (C=O) groups is 1. The van der Waals surface area contributed by atoms with E-state index in [-0.39, 0.29) is 24.2 Å². The number of rotatable bonds is 8. The van der Waals surface area contributed by atoms with Crippen LogP contribution in [0.2, 0.25) is 0 Å². The van der Waals surface area contributed by atoms with Crippen molar-refractivity contribution >= 4 is 23.5 Å². The molecule has 1 aliphatic rings.